The highest BCUT2D eigenvalue weighted by atomic mass is 19.1. The molecule has 0 aliphatic rings. The Kier molecular flexibility index (Phi) is 4.59. The fraction of sp³-hybridized carbons (Fsp3) is 0.385. The van der Waals surface area contributed by atoms with Crippen LogP contribution in [-0.4, -0.2) is 39.9 Å². The maximum atomic E-state index is 13.0. The molecule has 1 heterocycles. The first kappa shape index (κ1) is 13.6. The molecule has 6 heteroatoms. The third-order valence-corrected chi connectivity index (χ3v) is 2.62. The average Bonchev–Trinajstić information content (AvgIpc) is 2.76. The molecule has 0 spiro atoms. The van der Waals surface area contributed by atoms with Gasteiger partial charge in [-0.3, -0.25) is 0 Å². The monoisotopic (exact) mass is 265 g/mol. The number of aromatic nitrogens is 3. The molecule has 1 N–H and O–H groups in total. The Labute approximate surface area is 110 Å². The summed E-state index contributed by atoms with van der Waals surface area (Å²) in [6.07, 6.45) is 1.53. The Morgan fingerprint density at radius 1 is 1.47 bits per heavy atom. The number of methoxy groups -OCH3 is 1. The Balaban J connectivity index is 1.97. The van der Waals surface area contributed by atoms with Crippen molar-refractivity contribution in [1.82, 2.24) is 15.0 Å². The van der Waals surface area contributed by atoms with Crippen LogP contribution in [0.2, 0.25) is 0 Å². The lowest BCUT2D eigenvalue weighted by Crippen LogP contribution is -2.17. The first-order chi connectivity index (χ1) is 9.17. The number of aliphatic hydroxyl groups excluding tert-OH is 1. The summed E-state index contributed by atoms with van der Waals surface area (Å²) in [4.78, 5) is 0. The number of ether oxygens (including phenoxy) is 1. The molecule has 1 unspecified atom stereocenters. The van der Waals surface area contributed by atoms with Crippen molar-refractivity contribution in [2.45, 2.75) is 19.1 Å². The third kappa shape index (κ3) is 4.11. The van der Waals surface area contributed by atoms with E-state index in [9.17, 15) is 9.50 Å². The maximum absolute atomic E-state index is 13.0. The van der Waals surface area contributed by atoms with Gasteiger partial charge in [0.25, 0.3) is 0 Å². The van der Waals surface area contributed by atoms with Gasteiger partial charge < -0.3 is 9.84 Å². The summed E-state index contributed by atoms with van der Waals surface area (Å²) in [7, 11) is 1.53. The molecule has 0 saturated carbocycles. The van der Waals surface area contributed by atoms with Crippen molar-refractivity contribution in [3.05, 3.63) is 47.5 Å². The second kappa shape index (κ2) is 6.40. The van der Waals surface area contributed by atoms with Gasteiger partial charge in [0.05, 0.1) is 24.9 Å². The van der Waals surface area contributed by atoms with Crippen molar-refractivity contribution < 1.29 is 14.2 Å². The van der Waals surface area contributed by atoms with Crippen molar-refractivity contribution in [2.75, 3.05) is 13.7 Å². The lowest BCUT2D eigenvalue weighted by molar-refractivity contribution is 0.0644. The maximum Gasteiger partial charge on any atom is 0.123 e. The van der Waals surface area contributed by atoms with E-state index in [0.29, 0.717) is 18.7 Å². The molecule has 2 aromatic rings. The van der Waals surface area contributed by atoms with E-state index in [1.807, 2.05) is 6.07 Å². The van der Waals surface area contributed by atoms with Crippen LogP contribution in [0.15, 0.2) is 30.5 Å². The normalized spacial score (nSPS) is 12.6. The molecule has 0 saturated heterocycles. The largest absolute Gasteiger partial charge is 0.390 e. The van der Waals surface area contributed by atoms with Gasteiger partial charge in [-0.15, -0.1) is 5.10 Å². The van der Waals surface area contributed by atoms with Gasteiger partial charge in [-0.25, -0.2) is 9.07 Å². The highest BCUT2D eigenvalue weighted by molar-refractivity contribution is 5.16. The first-order valence-corrected chi connectivity index (χ1v) is 5.98. The summed E-state index contributed by atoms with van der Waals surface area (Å²) in [6, 6.07) is 6.34. The SMILES string of the molecule is COCC(O)Cc1cn(Cc2cccc(F)c2)nn1. The summed E-state index contributed by atoms with van der Waals surface area (Å²) in [6.45, 7) is 0.710. The van der Waals surface area contributed by atoms with E-state index < -0.39 is 6.10 Å². The Bertz CT molecular complexity index is 530. The quantitative estimate of drug-likeness (QED) is 0.847. The van der Waals surface area contributed by atoms with E-state index in [2.05, 4.69) is 10.3 Å². The highest BCUT2D eigenvalue weighted by Crippen LogP contribution is 2.06. The molecule has 0 aliphatic heterocycles. The number of rotatable bonds is 6. The predicted molar refractivity (Wildman–Crippen MR) is 67.1 cm³/mol. The summed E-state index contributed by atoms with van der Waals surface area (Å²) in [5.41, 5.74) is 1.50. The van der Waals surface area contributed by atoms with Crippen molar-refractivity contribution >= 4 is 0 Å². The fourth-order valence-electron chi connectivity index (χ4n) is 1.82. The van der Waals surface area contributed by atoms with Crippen LogP contribution in [0, 0.1) is 5.82 Å². The summed E-state index contributed by atoms with van der Waals surface area (Å²) in [5, 5.41) is 17.5. The second-order valence-corrected chi connectivity index (χ2v) is 4.35. The van der Waals surface area contributed by atoms with Gasteiger partial charge in [-0.2, -0.15) is 0 Å². The van der Waals surface area contributed by atoms with Gasteiger partial charge in [0.2, 0.25) is 0 Å². The fourth-order valence-corrected chi connectivity index (χ4v) is 1.82. The van der Waals surface area contributed by atoms with Gasteiger partial charge in [0.1, 0.15) is 5.82 Å². The Morgan fingerprint density at radius 2 is 2.32 bits per heavy atom. The van der Waals surface area contributed by atoms with E-state index in [1.165, 1.54) is 19.2 Å². The van der Waals surface area contributed by atoms with Crippen molar-refractivity contribution in [2.24, 2.45) is 0 Å². The van der Waals surface area contributed by atoms with E-state index in [0.717, 1.165) is 5.56 Å². The van der Waals surface area contributed by atoms with Crippen molar-refractivity contribution in [3.8, 4) is 0 Å². The smallest absolute Gasteiger partial charge is 0.123 e. The molecule has 0 fully saturated rings. The van der Waals surface area contributed by atoms with E-state index >= 15 is 0 Å². The second-order valence-electron chi connectivity index (χ2n) is 4.35. The van der Waals surface area contributed by atoms with E-state index in [-0.39, 0.29) is 12.4 Å². The molecule has 1 atom stereocenters. The van der Waals surface area contributed by atoms with Crippen molar-refractivity contribution in [1.29, 1.82) is 0 Å². The van der Waals surface area contributed by atoms with Gasteiger partial charge >= 0.3 is 0 Å². The first-order valence-electron chi connectivity index (χ1n) is 5.98. The number of halogens is 1. The Morgan fingerprint density at radius 3 is 3.05 bits per heavy atom. The molecule has 0 aliphatic carbocycles. The topological polar surface area (TPSA) is 60.2 Å². The molecule has 5 nitrogen and oxygen atoms in total. The molecule has 102 valence electrons. The molecule has 19 heavy (non-hydrogen) atoms. The zero-order chi connectivity index (χ0) is 13.7. The van der Waals surface area contributed by atoms with Gasteiger partial charge in [0, 0.05) is 19.7 Å². The lowest BCUT2D eigenvalue weighted by atomic mass is 10.2. The zero-order valence-electron chi connectivity index (χ0n) is 10.7. The van der Waals surface area contributed by atoms with Gasteiger partial charge in [-0.05, 0) is 17.7 Å². The predicted octanol–water partition coefficient (Wildman–Crippen LogP) is 1.02. The van der Waals surface area contributed by atoms with Crippen LogP contribution in [0.5, 0.6) is 0 Å². The minimum Gasteiger partial charge on any atom is -0.390 e. The molecular weight excluding hydrogens is 249 g/mol. The van der Waals surface area contributed by atoms with Crippen LogP contribution in [0.25, 0.3) is 0 Å². The highest BCUT2D eigenvalue weighted by Gasteiger charge is 2.09. The van der Waals surface area contributed by atoms with Crippen LogP contribution >= 0.6 is 0 Å². The minimum atomic E-state index is -0.593. The van der Waals surface area contributed by atoms with Crippen LogP contribution in [0.1, 0.15) is 11.3 Å². The number of hydrogen-bond donors (Lipinski definition) is 1. The average molecular weight is 265 g/mol. The summed E-state index contributed by atoms with van der Waals surface area (Å²) >= 11 is 0. The molecular formula is C13H16FN3O2. The molecule has 1 aromatic heterocycles. The molecule has 1 aromatic carbocycles. The van der Waals surface area contributed by atoms with Crippen LogP contribution in [0.3, 0.4) is 0 Å². The van der Waals surface area contributed by atoms with Gasteiger partial charge in [-0.1, -0.05) is 17.3 Å². The van der Waals surface area contributed by atoms with E-state index in [1.54, 1.807) is 16.9 Å². The van der Waals surface area contributed by atoms with Gasteiger partial charge in [0.15, 0.2) is 0 Å². The number of benzene rings is 1. The number of aliphatic hydroxyl groups is 1. The zero-order valence-corrected chi connectivity index (χ0v) is 10.7. The molecule has 0 bridgehead atoms. The molecule has 0 amide bonds. The van der Waals surface area contributed by atoms with Crippen LogP contribution in [0.4, 0.5) is 4.39 Å². The Hall–Kier alpha value is -1.79. The van der Waals surface area contributed by atoms with Crippen molar-refractivity contribution in [3.63, 3.8) is 0 Å². The third-order valence-electron chi connectivity index (χ3n) is 2.62. The van der Waals surface area contributed by atoms with Crippen LogP contribution in [-0.2, 0) is 17.7 Å². The molecule has 2 rings (SSSR count). The minimum absolute atomic E-state index is 0.261. The standard InChI is InChI=1S/C13H16FN3O2/c1-19-9-13(18)6-12-8-17(16-15-12)7-10-3-2-4-11(14)5-10/h2-5,8,13,18H,6-7,9H2,1H3. The lowest BCUT2D eigenvalue weighted by Gasteiger charge is -2.05. The summed E-state index contributed by atoms with van der Waals surface area (Å²) in [5.74, 6) is -0.270. The van der Waals surface area contributed by atoms with E-state index in [4.69, 9.17) is 4.74 Å². The summed E-state index contributed by atoms with van der Waals surface area (Å²) < 4.78 is 19.5. The van der Waals surface area contributed by atoms with Crippen LogP contribution < -0.4 is 0 Å². The number of hydrogen-bond acceptors (Lipinski definition) is 4. The number of nitrogens with zero attached hydrogens (tertiary/aromatic N) is 3. The molecule has 0 radical (unpaired) electrons.